The Bertz CT molecular complexity index is 290. The van der Waals surface area contributed by atoms with Crippen LogP contribution in [-0.4, -0.2) is 19.1 Å². The van der Waals surface area contributed by atoms with E-state index < -0.39 is 0 Å². The van der Waals surface area contributed by atoms with Gasteiger partial charge in [-0.1, -0.05) is 12.1 Å². The van der Waals surface area contributed by atoms with E-state index in [-0.39, 0.29) is 0 Å². The Morgan fingerprint density at radius 1 is 1.50 bits per heavy atom. The van der Waals surface area contributed by atoms with Gasteiger partial charge in [0.05, 0.1) is 0 Å². The third-order valence-electron chi connectivity index (χ3n) is 2.73. The van der Waals surface area contributed by atoms with Crippen LogP contribution in [-0.2, 0) is 0 Å². The maximum atomic E-state index is 3.48. The highest BCUT2D eigenvalue weighted by molar-refractivity contribution is 5.45. The fourth-order valence-electron chi connectivity index (χ4n) is 1.93. The summed E-state index contributed by atoms with van der Waals surface area (Å²) in [6.45, 7) is 4.35. The van der Waals surface area contributed by atoms with E-state index in [1.54, 1.807) is 0 Å². The first-order valence-corrected chi connectivity index (χ1v) is 5.38. The van der Waals surface area contributed by atoms with E-state index in [4.69, 9.17) is 0 Å². The minimum Gasteiger partial charge on any atom is -0.383 e. The van der Waals surface area contributed by atoms with Crippen LogP contribution < -0.4 is 10.6 Å². The molecule has 2 N–H and O–H groups in total. The number of anilines is 1. The van der Waals surface area contributed by atoms with Crippen LogP contribution in [0, 0.1) is 6.92 Å². The Hall–Kier alpha value is -1.02. The Morgan fingerprint density at radius 2 is 2.43 bits per heavy atom. The van der Waals surface area contributed by atoms with E-state index >= 15 is 0 Å². The second-order valence-electron chi connectivity index (χ2n) is 4.04. The lowest BCUT2D eigenvalue weighted by molar-refractivity contribution is 0.633. The number of nitrogens with one attached hydrogen (secondary N) is 2. The van der Waals surface area contributed by atoms with Gasteiger partial charge in [-0.25, -0.2) is 0 Å². The molecule has 76 valence electrons. The van der Waals surface area contributed by atoms with Crippen LogP contribution in [0.2, 0.25) is 0 Å². The molecule has 1 atom stereocenters. The van der Waals surface area contributed by atoms with E-state index in [1.807, 2.05) is 0 Å². The minimum absolute atomic E-state index is 0.663. The zero-order valence-corrected chi connectivity index (χ0v) is 8.72. The van der Waals surface area contributed by atoms with Crippen molar-refractivity contribution < 1.29 is 0 Å². The molecule has 2 rings (SSSR count). The summed E-state index contributed by atoms with van der Waals surface area (Å²) in [6.07, 6.45) is 2.62. The Morgan fingerprint density at radius 3 is 3.14 bits per heavy atom. The van der Waals surface area contributed by atoms with Gasteiger partial charge in [-0.05, 0) is 44.0 Å². The van der Waals surface area contributed by atoms with Crippen molar-refractivity contribution >= 4 is 5.69 Å². The molecule has 1 saturated heterocycles. The third kappa shape index (κ3) is 2.48. The van der Waals surface area contributed by atoms with Gasteiger partial charge in [-0.3, -0.25) is 0 Å². The van der Waals surface area contributed by atoms with Crippen LogP contribution in [0.3, 0.4) is 0 Å². The van der Waals surface area contributed by atoms with Crippen molar-refractivity contribution in [1.29, 1.82) is 0 Å². The van der Waals surface area contributed by atoms with Gasteiger partial charge in [0.2, 0.25) is 0 Å². The molecule has 1 aliphatic heterocycles. The van der Waals surface area contributed by atoms with Gasteiger partial charge in [0.1, 0.15) is 0 Å². The maximum Gasteiger partial charge on any atom is 0.0343 e. The van der Waals surface area contributed by atoms with E-state index in [1.165, 1.54) is 30.6 Å². The number of hydrogen-bond acceptors (Lipinski definition) is 2. The second-order valence-corrected chi connectivity index (χ2v) is 4.04. The molecule has 0 aromatic heterocycles. The molecular weight excluding hydrogens is 172 g/mol. The lowest BCUT2D eigenvalue weighted by Crippen LogP contribution is -2.29. The van der Waals surface area contributed by atoms with Gasteiger partial charge >= 0.3 is 0 Å². The minimum atomic E-state index is 0.663. The van der Waals surface area contributed by atoms with Crippen molar-refractivity contribution in [1.82, 2.24) is 5.32 Å². The van der Waals surface area contributed by atoms with Gasteiger partial charge in [0, 0.05) is 18.3 Å². The van der Waals surface area contributed by atoms with Crippen molar-refractivity contribution in [3.8, 4) is 0 Å². The van der Waals surface area contributed by atoms with Crippen molar-refractivity contribution in [2.45, 2.75) is 25.8 Å². The van der Waals surface area contributed by atoms with E-state index in [0.717, 1.165) is 6.54 Å². The predicted molar refractivity (Wildman–Crippen MR) is 60.7 cm³/mol. The fraction of sp³-hybridized carbons (Fsp3) is 0.500. The SMILES string of the molecule is Cc1cccc(NC[C@H]2CCCN2)c1. The standard InChI is InChI=1S/C12H18N2/c1-10-4-2-5-11(8-10)14-9-12-6-3-7-13-12/h2,4-5,8,12-14H,3,6-7,9H2,1H3/t12-/m1/s1. The molecule has 0 saturated carbocycles. The highest BCUT2D eigenvalue weighted by Crippen LogP contribution is 2.11. The van der Waals surface area contributed by atoms with Crippen LogP contribution >= 0.6 is 0 Å². The van der Waals surface area contributed by atoms with Crippen LogP contribution in [0.25, 0.3) is 0 Å². The summed E-state index contributed by atoms with van der Waals surface area (Å²) < 4.78 is 0. The Balaban J connectivity index is 1.85. The van der Waals surface area contributed by atoms with Crippen LogP contribution in [0.15, 0.2) is 24.3 Å². The first-order chi connectivity index (χ1) is 6.84. The molecule has 1 aromatic carbocycles. The highest BCUT2D eigenvalue weighted by atomic mass is 15.0. The normalized spacial score (nSPS) is 21.1. The van der Waals surface area contributed by atoms with Gasteiger partial charge in [-0.2, -0.15) is 0 Å². The summed E-state index contributed by atoms with van der Waals surface area (Å²) in [5.41, 5.74) is 2.55. The van der Waals surface area contributed by atoms with Crippen LogP contribution in [0.1, 0.15) is 18.4 Å². The summed E-state index contributed by atoms with van der Waals surface area (Å²) in [5, 5.41) is 6.94. The Kier molecular flexibility index (Phi) is 3.04. The molecule has 0 unspecified atom stereocenters. The monoisotopic (exact) mass is 190 g/mol. The summed E-state index contributed by atoms with van der Waals surface area (Å²) in [5.74, 6) is 0. The summed E-state index contributed by atoms with van der Waals surface area (Å²) >= 11 is 0. The molecule has 1 aromatic rings. The molecule has 1 fully saturated rings. The predicted octanol–water partition coefficient (Wildman–Crippen LogP) is 2.16. The smallest absolute Gasteiger partial charge is 0.0343 e. The Labute approximate surface area is 85.7 Å². The highest BCUT2D eigenvalue weighted by Gasteiger charge is 2.12. The van der Waals surface area contributed by atoms with E-state index in [0.29, 0.717) is 6.04 Å². The molecule has 14 heavy (non-hydrogen) atoms. The lowest BCUT2D eigenvalue weighted by atomic mass is 10.2. The molecule has 0 radical (unpaired) electrons. The average molecular weight is 190 g/mol. The maximum absolute atomic E-state index is 3.48. The molecule has 0 bridgehead atoms. The molecular formula is C12H18N2. The third-order valence-corrected chi connectivity index (χ3v) is 2.73. The zero-order chi connectivity index (χ0) is 9.80. The summed E-state index contributed by atoms with van der Waals surface area (Å²) in [7, 11) is 0. The van der Waals surface area contributed by atoms with Gasteiger partial charge in [0.15, 0.2) is 0 Å². The summed E-state index contributed by atoms with van der Waals surface area (Å²) in [4.78, 5) is 0. The van der Waals surface area contributed by atoms with Crippen LogP contribution in [0.4, 0.5) is 5.69 Å². The number of aryl methyl sites for hydroxylation is 1. The molecule has 2 nitrogen and oxygen atoms in total. The van der Waals surface area contributed by atoms with Crippen molar-refractivity contribution in [2.24, 2.45) is 0 Å². The number of rotatable bonds is 3. The second kappa shape index (κ2) is 4.47. The fourth-order valence-corrected chi connectivity index (χ4v) is 1.93. The van der Waals surface area contributed by atoms with Crippen LogP contribution in [0.5, 0.6) is 0 Å². The topological polar surface area (TPSA) is 24.1 Å². The first-order valence-electron chi connectivity index (χ1n) is 5.38. The van der Waals surface area contributed by atoms with Crippen molar-refractivity contribution in [3.63, 3.8) is 0 Å². The molecule has 0 amide bonds. The average Bonchev–Trinajstić information content (AvgIpc) is 2.67. The van der Waals surface area contributed by atoms with Gasteiger partial charge < -0.3 is 10.6 Å². The molecule has 0 aliphatic carbocycles. The van der Waals surface area contributed by atoms with E-state index in [9.17, 15) is 0 Å². The quantitative estimate of drug-likeness (QED) is 0.763. The molecule has 1 heterocycles. The lowest BCUT2D eigenvalue weighted by Gasteiger charge is -2.12. The molecule has 1 aliphatic rings. The van der Waals surface area contributed by atoms with E-state index in [2.05, 4.69) is 41.8 Å². The van der Waals surface area contributed by atoms with Gasteiger partial charge in [0.25, 0.3) is 0 Å². The number of hydrogen-bond donors (Lipinski definition) is 2. The first kappa shape index (κ1) is 9.53. The summed E-state index contributed by atoms with van der Waals surface area (Å²) in [6, 6.07) is 9.20. The van der Waals surface area contributed by atoms with Gasteiger partial charge in [-0.15, -0.1) is 0 Å². The number of benzene rings is 1. The molecule has 0 spiro atoms. The molecule has 2 heteroatoms. The van der Waals surface area contributed by atoms with Crippen molar-refractivity contribution in [3.05, 3.63) is 29.8 Å². The van der Waals surface area contributed by atoms with Crippen molar-refractivity contribution in [2.75, 3.05) is 18.4 Å². The zero-order valence-electron chi connectivity index (χ0n) is 8.72. The largest absolute Gasteiger partial charge is 0.383 e.